The van der Waals surface area contributed by atoms with Crippen LogP contribution in [0.25, 0.3) is 0 Å². The molecule has 2 rings (SSSR count). The van der Waals surface area contributed by atoms with Crippen LogP contribution in [0.3, 0.4) is 0 Å². The molecule has 7 heteroatoms. The lowest BCUT2D eigenvalue weighted by molar-refractivity contribution is -0.385. The number of rotatable bonds is 4. The Balaban J connectivity index is 2.36. The lowest BCUT2D eigenvalue weighted by Gasteiger charge is -2.05. The van der Waals surface area contributed by atoms with Crippen LogP contribution in [-0.4, -0.2) is 20.6 Å². The molecule has 0 amide bonds. The molecule has 0 aliphatic heterocycles. The molecule has 0 saturated heterocycles. The Labute approximate surface area is 116 Å². The van der Waals surface area contributed by atoms with Gasteiger partial charge in [0.2, 0.25) is 0 Å². The second-order valence-electron chi connectivity index (χ2n) is 3.87. The molecule has 19 heavy (non-hydrogen) atoms. The molecule has 6 nitrogen and oxygen atoms in total. The molecule has 98 valence electrons. The van der Waals surface area contributed by atoms with Crippen molar-refractivity contribution in [1.82, 2.24) is 4.57 Å². The molecule has 2 aromatic rings. The summed E-state index contributed by atoms with van der Waals surface area (Å²) in [4.78, 5) is 21.3. The summed E-state index contributed by atoms with van der Waals surface area (Å²) < 4.78 is 2.16. The number of carboxylic acids is 1. The van der Waals surface area contributed by atoms with Crippen molar-refractivity contribution in [3.05, 3.63) is 62.4 Å². The number of carboxylic acid groups (broad SMARTS) is 1. The topological polar surface area (TPSA) is 85.4 Å². The van der Waals surface area contributed by atoms with Gasteiger partial charge in [0.25, 0.3) is 5.69 Å². The highest BCUT2D eigenvalue weighted by molar-refractivity contribution is 9.10. The summed E-state index contributed by atoms with van der Waals surface area (Å²) in [6.45, 7) is 0.227. The minimum absolute atomic E-state index is 0.0139. The Kier molecular flexibility index (Phi) is 3.66. The van der Waals surface area contributed by atoms with E-state index in [1.165, 1.54) is 18.3 Å². The highest BCUT2D eigenvalue weighted by atomic mass is 79.9. The fourth-order valence-corrected chi connectivity index (χ4v) is 2.20. The van der Waals surface area contributed by atoms with Gasteiger partial charge in [0.1, 0.15) is 0 Å². The van der Waals surface area contributed by atoms with Gasteiger partial charge in [-0.15, -0.1) is 0 Å². The lowest BCUT2D eigenvalue weighted by Crippen LogP contribution is -2.02. The number of carbonyl (C=O) groups is 1. The number of halogens is 1. The fraction of sp³-hybridized carbons (Fsp3) is 0.0833. The molecule has 0 bridgehead atoms. The average Bonchev–Trinajstić information content (AvgIpc) is 2.72. The summed E-state index contributed by atoms with van der Waals surface area (Å²) in [7, 11) is 0. The van der Waals surface area contributed by atoms with Crippen LogP contribution >= 0.6 is 15.9 Å². The van der Waals surface area contributed by atoms with Gasteiger partial charge in [0, 0.05) is 17.8 Å². The van der Waals surface area contributed by atoms with E-state index in [0.717, 1.165) is 0 Å². The number of nitrogens with zero attached hydrogens (tertiary/aromatic N) is 2. The van der Waals surface area contributed by atoms with Crippen LogP contribution in [0.2, 0.25) is 0 Å². The molecule has 0 aliphatic rings. The Bertz CT molecular complexity index is 651. The molecule has 0 aliphatic carbocycles. The minimum Gasteiger partial charge on any atom is -0.478 e. The number of para-hydroxylation sites is 1. The van der Waals surface area contributed by atoms with Crippen molar-refractivity contribution in [2.45, 2.75) is 6.54 Å². The number of aromatic carboxylic acids is 1. The van der Waals surface area contributed by atoms with Gasteiger partial charge >= 0.3 is 5.97 Å². The lowest BCUT2D eigenvalue weighted by atomic mass is 10.2. The molecule has 0 spiro atoms. The van der Waals surface area contributed by atoms with E-state index in [0.29, 0.717) is 10.2 Å². The Morgan fingerprint density at radius 3 is 2.68 bits per heavy atom. The van der Waals surface area contributed by atoms with Crippen LogP contribution in [0.1, 0.15) is 15.9 Å². The molecular formula is C12H9BrN2O4. The summed E-state index contributed by atoms with van der Waals surface area (Å²) in [6, 6.07) is 7.82. The first-order chi connectivity index (χ1) is 8.99. The zero-order chi connectivity index (χ0) is 14.0. The van der Waals surface area contributed by atoms with Gasteiger partial charge < -0.3 is 9.67 Å². The van der Waals surface area contributed by atoms with Crippen LogP contribution < -0.4 is 0 Å². The van der Waals surface area contributed by atoms with E-state index in [-0.39, 0.29) is 17.8 Å². The molecule has 1 N–H and O–H groups in total. The van der Waals surface area contributed by atoms with Gasteiger partial charge in [-0.1, -0.05) is 18.2 Å². The fourth-order valence-electron chi connectivity index (χ4n) is 1.72. The third-order valence-corrected chi connectivity index (χ3v) is 3.30. The first-order valence-electron chi connectivity index (χ1n) is 5.30. The molecule has 1 aromatic carbocycles. The molecule has 0 unspecified atom stereocenters. The number of benzene rings is 1. The quantitative estimate of drug-likeness (QED) is 0.692. The van der Waals surface area contributed by atoms with Gasteiger partial charge in [0.05, 0.1) is 21.6 Å². The smallest absolute Gasteiger partial charge is 0.337 e. The van der Waals surface area contributed by atoms with Crippen LogP contribution in [0, 0.1) is 10.1 Å². The van der Waals surface area contributed by atoms with Gasteiger partial charge in [0.15, 0.2) is 0 Å². The number of aromatic nitrogens is 1. The maximum absolute atomic E-state index is 10.9. The van der Waals surface area contributed by atoms with Crippen LogP contribution in [-0.2, 0) is 6.54 Å². The first kappa shape index (κ1) is 13.3. The first-order valence-corrected chi connectivity index (χ1v) is 6.09. The highest BCUT2D eigenvalue weighted by Gasteiger charge is 2.15. The normalized spacial score (nSPS) is 10.4. The van der Waals surface area contributed by atoms with E-state index in [1.807, 2.05) is 0 Å². The summed E-state index contributed by atoms with van der Waals surface area (Å²) in [5.74, 6) is -1.04. The second-order valence-corrected chi connectivity index (χ2v) is 4.68. The Morgan fingerprint density at radius 1 is 1.42 bits per heavy atom. The number of hydrogen-bond donors (Lipinski definition) is 1. The van der Waals surface area contributed by atoms with E-state index in [1.54, 1.807) is 22.8 Å². The summed E-state index contributed by atoms with van der Waals surface area (Å²) >= 11 is 3.23. The monoisotopic (exact) mass is 324 g/mol. The van der Waals surface area contributed by atoms with Gasteiger partial charge in [-0.3, -0.25) is 10.1 Å². The van der Waals surface area contributed by atoms with E-state index in [9.17, 15) is 14.9 Å². The third kappa shape index (κ3) is 2.82. The van der Waals surface area contributed by atoms with Crippen molar-refractivity contribution in [3.63, 3.8) is 0 Å². The zero-order valence-electron chi connectivity index (χ0n) is 9.62. The maximum atomic E-state index is 10.9. The number of nitro groups is 1. The molecule has 0 fully saturated rings. The van der Waals surface area contributed by atoms with Crippen molar-refractivity contribution in [3.8, 4) is 0 Å². The third-order valence-electron chi connectivity index (χ3n) is 2.62. The molecule has 0 radical (unpaired) electrons. The van der Waals surface area contributed by atoms with Crippen LogP contribution in [0.4, 0.5) is 5.69 Å². The van der Waals surface area contributed by atoms with E-state index in [4.69, 9.17) is 5.11 Å². The largest absolute Gasteiger partial charge is 0.478 e. The SMILES string of the molecule is O=C(O)c1cc(Br)n(Cc2ccccc2[N+](=O)[O-])c1. The standard InChI is InChI=1S/C12H9BrN2O4/c13-11-5-9(12(16)17)7-14(11)6-8-3-1-2-4-10(8)15(18)19/h1-5,7H,6H2,(H,16,17). The van der Waals surface area contributed by atoms with E-state index >= 15 is 0 Å². The van der Waals surface area contributed by atoms with Crippen molar-refractivity contribution in [2.75, 3.05) is 0 Å². The molecule has 0 atom stereocenters. The zero-order valence-corrected chi connectivity index (χ0v) is 11.2. The Morgan fingerprint density at radius 2 is 2.11 bits per heavy atom. The summed E-state index contributed by atoms with van der Waals surface area (Å²) in [5.41, 5.74) is 0.658. The van der Waals surface area contributed by atoms with Crippen molar-refractivity contribution < 1.29 is 14.8 Å². The Hall–Kier alpha value is -2.15. The van der Waals surface area contributed by atoms with E-state index < -0.39 is 10.9 Å². The van der Waals surface area contributed by atoms with Gasteiger partial charge in [-0.25, -0.2) is 4.79 Å². The number of nitro benzene ring substituents is 1. The van der Waals surface area contributed by atoms with Gasteiger partial charge in [-0.05, 0) is 22.0 Å². The number of hydrogen-bond acceptors (Lipinski definition) is 3. The van der Waals surface area contributed by atoms with Crippen LogP contribution in [0.15, 0.2) is 41.1 Å². The molecule has 1 aromatic heterocycles. The summed E-state index contributed by atoms with van der Waals surface area (Å²) in [5, 5.41) is 19.8. The van der Waals surface area contributed by atoms with Crippen molar-refractivity contribution in [1.29, 1.82) is 0 Å². The van der Waals surface area contributed by atoms with Crippen LogP contribution in [0.5, 0.6) is 0 Å². The molecular weight excluding hydrogens is 316 g/mol. The van der Waals surface area contributed by atoms with E-state index in [2.05, 4.69) is 15.9 Å². The van der Waals surface area contributed by atoms with Crippen molar-refractivity contribution in [2.24, 2.45) is 0 Å². The second kappa shape index (κ2) is 5.23. The highest BCUT2D eigenvalue weighted by Crippen LogP contribution is 2.22. The minimum atomic E-state index is -1.04. The molecule has 0 saturated carbocycles. The van der Waals surface area contributed by atoms with Crippen molar-refractivity contribution >= 4 is 27.6 Å². The maximum Gasteiger partial charge on any atom is 0.337 e. The molecule has 1 heterocycles. The average molecular weight is 325 g/mol. The summed E-state index contributed by atoms with van der Waals surface area (Å²) in [6.07, 6.45) is 1.43. The predicted molar refractivity (Wildman–Crippen MR) is 71.3 cm³/mol. The predicted octanol–water partition coefficient (Wildman–Crippen LogP) is 2.91. The van der Waals surface area contributed by atoms with Gasteiger partial charge in [-0.2, -0.15) is 0 Å².